The summed E-state index contributed by atoms with van der Waals surface area (Å²) in [5, 5.41) is 8.84. The van der Waals surface area contributed by atoms with Crippen LogP contribution in [0.15, 0.2) is 41.6 Å². The summed E-state index contributed by atoms with van der Waals surface area (Å²) in [6.45, 7) is 0. The van der Waals surface area contributed by atoms with Crippen LogP contribution in [0.2, 0.25) is 0 Å². The Hall–Kier alpha value is -1.82. The first kappa shape index (κ1) is 10.7. The highest BCUT2D eigenvalue weighted by atomic mass is 32.2. The minimum Gasteiger partial charge on any atom is -0.293 e. The molecule has 82 valence electrons. The van der Waals surface area contributed by atoms with Crippen LogP contribution in [0.3, 0.4) is 0 Å². The van der Waals surface area contributed by atoms with Gasteiger partial charge in [-0.05, 0) is 12.1 Å². The molecule has 1 aromatic heterocycles. The lowest BCUT2D eigenvalue weighted by Gasteiger charge is -2.00. The number of benzene rings is 1. The molecular formula is C10H10N4OS. The van der Waals surface area contributed by atoms with Crippen LogP contribution < -0.4 is 5.32 Å². The number of aromatic amines is 1. The monoisotopic (exact) mass is 234 g/mol. The van der Waals surface area contributed by atoms with Crippen LogP contribution in [0, 0.1) is 0 Å². The lowest BCUT2D eigenvalue weighted by molar-refractivity contribution is -0.113. The quantitative estimate of drug-likeness (QED) is 0.787. The minimum atomic E-state index is -0.117. The maximum Gasteiger partial charge on any atom is 0.248 e. The number of aromatic nitrogens is 3. The van der Waals surface area contributed by atoms with Gasteiger partial charge >= 0.3 is 0 Å². The Morgan fingerprint density at radius 1 is 1.38 bits per heavy atom. The van der Waals surface area contributed by atoms with Crippen molar-refractivity contribution in [2.75, 3.05) is 11.1 Å². The van der Waals surface area contributed by atoms with Gasteiger partial charge in [0.05, 0.1) is 5.75 Å². The van der Waals surface area contributed by atoms with E-state index in [-0.39, 0.29) is 5.91 Å². The van der Waals surface area contributed by atoms with Crippen molar-refractivity contribution in [1.29, 1.82) is 0 Å². The fourth-order valence-corrected chi connectivity index (χ4v) is 1.82. The van der Waals surface area contributed by atoms with Gasteiger partial charge in [0.1, 0.15) is 6.33 Å². The molecule has 1 heterocycles. The summed E-state index contributed by atoms with van der Waals surface area (Å²) < 4.78 is 0. The Labute approximate surface area is 96.7 Å². The fraction of sp³-hybridized carbons (Fsp3) is 0.100. The van der Waals surface area contributed by atoms with E-state index in [0.717, 1.165) is 4.90 Å². The van der Waals surface area contributed by atoms with Crippen molar-refractivity contribution in [2.45, 2.75) is 4.90 Å². The Morgan fingerprint density at radius 2 is 2.19 bits per heavy atom. The highest BCUT2D eigenvalue weighted by molar-refractivity contribution is 8.00. The lowest BCUT2D eigenvalue weighted by atomic mass is 10.4. The van der Waals surface area contributed by atoms with Crippen molar-refractivity contribution in [3.63, 3.8) is 0 Å². The van der Waals surface area contributed by atoms with Crippen LogP contribution in [-0.4, -0.2) is 26.8 Å². The zero-order valence-electron chi connectivity index (χ0n) is 8.38. The van der Waals surface area contributed by atoms with E-state index >= 15 is 0 Å². The molecule has 1 aromatic carbocycles. The van der Waals surface area contributed by atoms with Crippen molar-refractivity contribution in [3.05, 3.63) is 36.7 Å². The normalized spacial score (nSPS) is 10.0. The van der Waals surface area contributed by atoms with Crippen molar-refractivity contribution in [2.24, 2.45) is 0 Å². The van der Waals surface area contributed by atoms with E-state index in [9.17, 15) is 4.79 Å². The Bertz CT molecular complexity index is 443. The van der Waals surface area contributed by atoms with Crippen molar-refractivity contribution in [1.82, 2.24) is 15.2 Å². The molecule has 2 rings (SSSR count). The molecule has 0 fully saturated rings. The minimum absolute atomic E-state index is 0.117. The predicted octanol–water partition coefficient (Wildman–Crippen LogP) is 1.54. The number of rotatable bonds is 4. The summed E-state index contributed by atoms with van der Waals surface area (Å²) in [6, 6.07) is 9.75. The van der Waals surface area contributed by atoms with Gasteiger partial charge in [-0.1, -0.05) is 18.2 Å². The van der Waals surface area contributed by atoms with E-state index in [2.05, 4.69) is 20.5 Å². The molecule has 5 nitrogen and oxygen atoms in total. The van der Waals surface area contributed by atoms with E-state index in [1.165, 1.54) is 18.1 Å². The van der Waals surface area contributed by atoms with Crippen molar-refractivity contribution >= 4 is 23.6 Å². The molecule has 2 N–H and O–H groups in total. The zero-order valence-corrected chi connectivity index (χ0v) is 9.20. The van der Waals surface area contributed by atoms with E-state index in [1.54, 1.807) is 0 Å². The van der Waals surface area contributed by atoms with Gasteiger partial charge in [-0.25, -0.2) is 4.98 Å². The molecule has 2 aromatic rings. The Morgan fingerprint density at radius 3 is 2.88 bits per heavy atom. The average Bonchev–Trinajstić information content (AvgIpc) is 2.81. The Kier molecular flexibility index (Phi) is 3.55. The number of amides is 1. The molecule has 0 aliphatic carbocycles. The number of H-pyrrole nitrogens is 1. The molecule has 0 atom stereocenters. The number of carbonyl (C=O) groups is 1. The predicted molar refractivity (Wildman–Crippen MR) is 62.2 cm³/mol. The van der Waals surface area contributed by atoms with Gasteiger partial charge in [-0.3, -0.25) is 15.2 Å². The fourth-order valence-electron chi connectivity index (χ4n) is 1.10. The number of thioether (sulfide) groups is 1. The second-order valence-corrected chi connectivity index (χ2v) is 4.02. The summed E-state index contributed by atoms with van der Waals surface area (Å²) in [6.07, 6.45) is 1.42. The van der Waals surface area contributed by atoms with Crippen molar-refractivity contribution < 1.29 is 4.79 Å². The lowest BCUT2D eigenvalue weighted by Crippen LogP contribution is -2.14. The molecule has 0 unspecified atom stereocenters. The number of anilines is 1. The van der Waals surface area contributed by atoms with E-state index in [1.807, 2.05) is 30.3 Å². The molecule has 1 amide bonds. The first-order valence-corrected chi connectivity index (χ1v) is 5.66. The first-order chi connectivity index (χ1) is 7.84. The van der Waals surface area contributed by atoms with Crippen molar-refractivity contribution in [3.8, 4) is 0 Å². The van der Waals surface area contributed by atoms with Gasteiger partial charge in [0, 0.05) is 4.90 Å². The first-order valence-electron chi connectivity index (χ1n) is 4.68. The van der Waals surface area contributed by atoms with Gasteiger partial charge in [-0.15, -0.1) is 16.9 Å². The topological polar surface area (TPSA) is 70.7 Å². The van der Waals surface area contributed by atoms with Gasteiger partial charge in [0.15, 0.2) is 0 Å². The van der Waals surface area contributed by atoms with Crippen LogP contribution in [0.4, 0.5) is 5.95 Å². The summed E-state index contributed by atoms with van der Waals surface area (Å²) in [4.78, 5) is 16.3. The van der Waals surface area contributed by atoms with Gasteiger partial charge in [-0.2, -0.15) is 0 Å². The molecule has 0 aliphatic heterocycles. The SMILES string of the molecule is O=C(CSc1ccccc1)Nc1nc[nH]n1. The smallest absolute Gasteiger partial charge is 0.248 e. The van der Waals surface area contributed by atoms with Crippen LogP contribution in [0.5, 0.6) is 0 Å². The molecule has 0 saturated heterocycles. The highest BCUT2D eigenvalue weighted by Crippen LogP contribution is 2.16. The number of nitrogens with one attached hydrogen (secondary N) is 2. The number of carbonyl (C=O) groups excluding carboxylic acids is 1. The molecule has 0 aliphatic rings. The van der Waals surface area contributed by atoms with Crippen LogP contribution in [0.25, 0.3) is 0 Å². The number of hydrogen-bond acceptors (Lipinski definition) is 4. The molecule has 0 saturated carbocycles. The third-order valence-corrected chi connectivity index (χ3v) is 2.79. The maximum atomic E-state index is 11.5. The summed E-state index contributed by atoms with van der Waals surface area (Å²) in [5.74, 6) is 0.533. The summed E-state index contributed by atoms with van der Waals surface area (Å²) in [5.41, 5.74) is 0. The second kappa shape index (κ2) is 5.32. The van der Waals surface area contributed by atoms with Crippen LogP contribution >= 0.6 is 11.8 Å². The molecular weight excluding hydrogens is 224 g/mol. The zero-order chi connectivity index (χ0) is 11.2. The molecule has 0 spiro atoms. The average molecular weight is 234 g/mol. The largest absolute Gasteiger partial charge is 0.293 e. The van der Waals surface area contributed by atoms with E-state index in [4.69, 9.17) is 0 Å². The maximum absolute atomic E-state index is 11.5. The van der Waals surface area contributed by atoms with Gasteiger partial charge in [0.2, 0.25) is 11.9 Å². The van der Waals surface area contributed by atoms with Gasteiger partial charge < -0.3 is 0 Å². The van der Waals surface area contributed by atoms with Crippen LogP contribution in [0.1, 0.15) is 0 Å². The third-order valence-electron chi connectivity index (χ3n) is 1.78. The summed E-state index contributed by atoms with van der Waals surface area (Å²) >= 11 is 1.47. The third kappa shape index (κ3) is 3.09. The van der Waals surface area contributed by atoms with Gasteiger partial charge in [0.25, 0.3) is 0 Å². The Balaban J connectivity index is 1.80. The molecule has 0 radical (unpaired) electrons. The highest BCUT2D eigenvalue weighted by Gasteiger charge is 2.05. The standard InChI is InChI=1S/C10H10N4OS/c15-9(13-10-11-7-12-14-10)6-16-8-4-2-1-3-5-8/h1-5,7H,6H2,(H2,11,12,13,14,15). The number of nitrogens with zero attached hydrogens (tertiary/aromatic N) is 2. The van der Waals surface area contributed by atoms with Crippen LogP contribution in [-0.2, 0) is 4.79 Å². The molecule has 6 heteroatoms. The molecule has 16 heavy (non-hydrogen) atoms. The summed E-state index contributed by atoms with van der Waals surface area (Å²) in [7, 11) is 0. The number of hydrogen-bond donors (Lipinski definition) is 2. The van der Waals surface area contributed by atoms with E-state index < -0.39 is 0 Å². The second-order valence-electron chi connectivity index (χ2n) is 2.97. The molecule has 0 bridgehead atoms. The van der Waals surface area contributed by atoms with E-state index in [0.29, 0.717) is 11.7 Å².